The summed E-state index contributed by atoms with van der Waals surface area (Å²) in [4.78, 5) is 2.91. The highest BCUT2D eigenvalue weighted by Gasteiger charge is 2.38. The van der Waals surface area contributed by atoms with Crippen molar-refractivity contribution in [2.75, 3.05) is 25.4 Å². The Balaban J connectivity index is 1.59. The van der Waals surface area contributed by atoms with Crippen molar-refractivity contribution < 1.29 is 0 Å². The van der Waals surface area contributed by atoms with Gasteiger partial charge in [-0.15, -0.1) is 0 Å². The maximum Gasteiger partial charge on any atom is 0.0215 e. The van der Waals surface area contributed by atoms with Crippen LogP contribution in [0, 0.1) is 5.92 Å². The molecule has 0 aromatic rings. The maximum absolute atomic E-state index is 3.58. The molecular weight excluding hydrogens is 240 g/mol. The number of nitrogens with zero attached hydrogens (tertiary/aromatic N) is 1. The summed E-state index contributed by atoms with van der Waals surface area (Å²) in [6.07, 6.45) is 8.65. The number of nitrogens with one attached hydrogen (secondary N) is 1. The number of thioether (sulfide) groups is 1. The predicted octanol–water partition coefficient (Wildman–Crippen LogP) is 2.73. The number of hydrogen-bond acceptors (Lipinski definition) is 3. The summed E-state index contributed by atoms with van der Waals surface area (Å²) in [5.74, 6) is 2.31. The Hall–Kier alpha value is 0.270. The molecular formula is C15H28N2S. The third-order valence-corrected chi connectivity index (χ3v) is 6.24. The molecule has 18 heavy (non-hydrogen) atoms. The van der Waals surface area contributed by atoms with E-state index in [-0.39, 0.29) is 0 Å². The lowest BCUT2D eigenvalue weighted by atomic mass is 9.96. The van der Waals surface area contributed by atoms with Gasteiger partial charge >= 0.3 is 0 Å². The first kappa shape index (κ1) is 13.3. The van der Waals surface area contributed by atoms with Crippen LogP contribution in [-0.4, -0.2) is 47.6 Å². The van der Waals surface area contributed by atoms with E-state index in [0.717, 1.165) is 23.3 Å². The van der Waals surface area contributed by atoms with Gasteiger partial charge in [0.05, 0.1) is 0 Å². The molecule has 3 rings (SSSR count). The van der Waals surface area contributed by atoms with Crippen molar-refractivity contribution in [3.05, 3.63) is 0 Å². The Morgan fingerprint density at radius 3 is 2.72 bits per heavy atom. The molecule has 2 aliphatic heterocycles. The second-order valence-electron chi connectivity index (χ2n) is 6.43. The zero-order chi connectivity index (χ0) is 12.4. The Morgan fingerprint density at radius 1 is 1.17 bits per heavy atom. The lowest BCUT2D eigenvalue weighted by Crippen LogP contribution is -2.48. The molecule has 0 bridgehead atoms. The average Bonchev–Trinajstić information content (AvgIpc) is 3.23. The Kier molecular flexibility index (Phi) is 4.53. The molecule has 0 amide bonds. The molecule has 3 heteroatoms. The molecule has 3 atom stereocenters. The largest absolute Gasteiger partial charge is 0.316 e. The van der Waals surface area contributed by atoms with Crippen LogP contribution in [-0.2, 0) is 0 Å². The number of piperidine rings is 1. The van der Waals surface area contributed by atoms with Gasteiger partial charge < -0.3 is 5.32 Å². The minimum Gasteiger partial charge on any atom is -0.316 e. The molecule has 0 radical (unpaired) electrons. The maximum atomic E-state index is 3.58. The normalized spacial score (nSPS) is 38.0. The van der Waals surface area contributed by atoms with Crippen molar-refractivity contribution in [2.24, 2.45) is 5.92 Å². The van der Waals surface area contributed by atoms with Gasteiger partial charge in [-0.3, -0.25) is 4.90 Å². The Labute approximate surface area is 116 Å². The van der Waals surface area contributed by atoms with Crippen molar-refractivity contribution >= 4 is 11.8 Å². The first-order chi connectivity index (χ1) is 8.84. The minimum atomic E-state index is 0.857. The molecule has 104 valence electrons. The summed E-state index contributed by atoms with van der Waals surface area (Å²) in [6.45, 7) is 6.34. The first-order valence-electron chi connectivity index (χ1n) is 7.92. The first-order valence-corrected chi connectivity index (χ1v) is 8.97. The van der Waals surface area contributed by atoms with Crippen molar-refractivity contribution in [1.82, 2.24) is 10.2 Å². The van der Waals surface area contributed by atoms with E-state index >= 15 is 0 Å². The average molecular weight is 268 g/mol. The van der Waals surface area contributed by atoms with Crippen LogP contribution in [0.15, 0.2) is 0 Å². The Morgan fingerprint density at radius 2 is 2.06 bits per heavy atom. The van der Waals surface area contributed by atoms with Gasteiger partial charge in [0.1, 0.15) is 0 Å². The fourth-order valence-electron chi connectivity index (χ4n) is 3.68. The molecule has 3 fully saturated rings. The molecule has 2 saturated heterocycles. The number of hydrogen-bond donors (Lipinski definition) is 1. The molecule has 2 heterocycles. The smallest absolute Gasteiger partial charge is 0.0215 e. The highest BCUT2D eigenvalue weighted by atomic mass is 32.2. The SMILES string of the molecule is CC1SCCCC1N(CC1CCCNC1)C1CC1. The van der Waals surface area contributed by atoms with E-state index in [1.807, 2.05) is 0 Å². The van der Waals surface area contributed by atoms with E-state index in [9.17, 15) is 0 Å². The van der Waals surface area contributed by atoms with Crippen LogP contribution in [0.3, 0.4) is 0 Å². The van der Waals surface area contributed by atoms with Crippen molar-refractivity contribution in [3.63, 3.8) is 0 Å². The third kappa shape index (κ3) is 3.23. The standard InChI is InChI=1S/C15H28N2S/c1-12-15(5-3-9-18-12)17(14-6-7-14)11-13-4-2-8-16-10-13/h12-16H,2-11H2,1H3. The summed E-state index contributed by atoms with van der Waals surface area (Å²) in [5, 5.41) is 4.44. The van der Waals surface area contributed by atoms with Gasteiger partial charge in [-0.2, -0.15) is 11.8 Å². The molecule has 1 saturated carbocycles. The zero-order valence-corrected chi connectivity index (χ0v) is 12.6. The van der Waals surface area contributed by atoms with E-state index in [1.165, 1.54) is 63.9 Å². The number of rotatable bonds is 4. The van der Waals surface area contributed by atoms with Gasteiger partial charge in [0.25, 0.3) is 0 Å². The molecule has 1 aliphatic carbocycles. The van der Waals surface area contributed by atoms with Crippen LogP contribution in [0.4, 0.5) is 0 Å². The molecule has 0 aromatic carbocycles. The van der Waals surface area contributed by atoms with Gasteiger partial charge in [0.15, 0.2) is 0 Å². The van der Waals surface area contributed by atoms with Crippen LogP contribution in [0.5, 0.6) is 0 Å². The van der Waals surface area contributed by atoms with E-state index < -0.39 is 0 Å². The molecule has 3 unspecified atom stereocenters. The van der Waals surface area contributed by atoms with Gasteiger partial charge in [-0.25, -0.2) is 0 Å². The van der Waals surface area contributed by atoms with Gasteiger partial charge in [-0.05, 0) is 63.3 Å². The fraction of sp³-hybridized carbons (Fsp3) is 1.00. The van der Waals surface area contributed by atoms with E-state index in [0.29, 0.717) is 0 Å². The third-order valence-electron chi connectivity index (χ3n) is 4.88. The highest BCUT2D eigenvalue weighted by molar-refractivity contribution is 7.99. The zero-order valence-electron chi connectivity index (χ0n) is 11.7. The van der Waals surface area contributed by atoms with Crippen LogP contribution in [0.25, 0.3) is 0 Å². The second kappa shape index (κ2) is 6.15. The molecule has 0 aromatic heterocycles. The summed E-state index contributed by atoms with van der Waals surface area (Å²) in [6, 6.07) is 1.82. The topological polar surface area (TPSA) is 15.3 Å². The van der Waals surface area contributed by atoms with Gasteiger partial charge in [0.2, 0.25) is 0 Å². The summed E-state index contributed by atoms with van der Waals surface area (Å²) >= 11 is 2.20. The molecule has 0 spiro atoms. The highest BCUT2D eigenvalue weighted by Crippen LogP contribution is 2.37. The fourth-order valence-corrected chi connectivity index (χ4v) is 4.90. The van der Waals surface area contributed by atoms with E-state index in [2.05, 4.69) is 28.9 Å². The van der Waals surface area contributed by atoms with Gasteiger partial charge in [-0.1, -0.05) is 6.92 Å². The Bertz CT molecular complexity index is 261. The second-order valence-corrected chi connectivity index (χ2v) is 7.91. The van der Waals surface area contributed by atoms with Gasteiger partial charge in [0, 0.05) is 23.9 Å². The molecule has 2 nitrogen and oxygen atoms in total. The quantitative estimate of drug-likeness (QED) is 0.844. The van der Waals surface area contributed by atoms with Crippen LogP contribution < -0.4 is 5.32 Å². The minimum absolute atomic E-state index is 0.857. The monoisotopic (exact) mass is 268 g/mol. The lowest BCUT2D eigenvalue weighted by molar-refractivity contribution is 0.134. The predicted molar refractivity (Wildman–Crippen MR) is 80.3 cm³/mol. The molecule has 3 aliphatic rings. The van der Waals surface area contributed by atoms with E-state index in [1.54, 1.807) is 0 Å². The summed E-state index contributed by atoms with van der Waals surface area (Å²) < 4.78 is 0. The van der Waals surface area contributed by atoms with Crippen molar-refractivity contribution in [1.29, 1.82) is 0 Å². The van der Waals surface area contributed by atoms with Crippen LogP contribution in [0.1, 0.15) is 45.4 Å². The van der Waals surface area contributed by atoms with Crippen LogP contribution >= 0.6 is 11.8 Å². The molecule has 1 N–H and O–H groups in total. The van der Waals surface area contributed by atoms with Crippen molar-refractivity contribution in [2.45, 2.75) is 62.8 Å². The van der Waals surface area contributed by atoms with Crippen LogP contribution in [0.2, 0.25) is 0 Å². The summed E-state index contributed by atoms with van der Waals surface area (Å²) in [7, 11) is 0. The lowest BCUT2D eigenvalue weighted by Gasteiger charge is -2.41. The van der Waals surface area contributed by atoms with E-state index in [4.69, 9.17) is 0 Å². The summed E-state index contributed by atoms with van der Waals surface area (Å²) in [5.41, 5.74) is 0. The van der Waals surface area contributed by atoms with Crippen molar-refractivity contribution in [3.8, 4) is 0 Å².